The second-order valence-electron chi connectivity index (χ2n) is 6.32. The molecule has 1 amide bonds. The Hall–Kier alpha value is -4.13. The van der Waals surface area contributed by atoms with Crippen LogP contribution in [0.25, 0.3) is 11.6 Å². The van der Waals surface area contributed by atoms with E-state index in [2.05, 4.69) is 0 Å². The highest BCUT2D eigenvalue weighted by Gasteiger charge is 2.14. The van der Waals surface area contributed by atoms with Gasteiger partial charge in [-0.25, -0.2) is 4.39 Å². The molecule has 0 unspecified atom stereocenters. The van der Waals surface area contributed by atoms with Crippen molar-refractivity contribution in [2.24, 2.45) is 5.73 Å². The topological polar surface area (TPSA) is 105 Å². The first-order chi connectivity index (χ1) is 14.5. The number of nitrogen functional groups attached to an aromatic ring is 1. The molecule has 3 aromatic rings. The van der Waals surface area contributed by atoms with Crippen molar-refractivity contribution in [1.82, 2.24) is 0 Å². The number of ether oxygens (including phenoxy) is 2. The van der Waals surface area contributed by atoms with Crippen LogP contribution in [0.1, 0.15) is 21.5 Å². The second kappa shape index (κ2) is 9.38. The minimum Gasteiger partial charge on any atom is -0.454 e. The predicted octanol–water partition coefficient (Wildman–Crippen LogP) is 3.66. The summed E-state index contributed by atoms with van der Waals surface area (Å²) in [6.45, 7) is 0.191. The average Bonchev–Trinajstić information content (AvgIpc) is 3.22. The summed E-state index contributed by atoms with van der Waals surface area (Å²) in [7, 11) is 0. The van der Waals surface area contributed by atoms with E-state index >= 15 is 0 Å². The van der Waals surface area contributed by atoms with E-state index < -0.39 is 5.91 Å². The Morgan fingerprint density at radius 1 is 0.900 bits per heavy atom. The second-order valence-corrected chi connectivity index (χ2v) is 6.32. The van der Waals surface area contributed by atoms with E-state index in [4.69, 9.17) is 20.9 Å². The predicted molar refractivity (Wildman–Crippen MR) is 112 cm³/mol. The van der Waals surface area contributed by atoms with Crippen LogP contribution < -0.4 is 20.9 Å². The number of rotatable bonds is 4. The van der Waals surface area contributed by atoms with Gasteiger partial charge >= 0.3 is 0 Å². The highest BCUT2D eigenvalue weighted by atomic mass is 19.1. The maximum absolute atomic E-state index is 12.9. The molecular formula is C23H19FN2O4. The number of carbonyl (C=O) groups excluding carboxylic acids is 2. The van der Waals surface area contributed by atoms with Crippen LogP contribution in [0.4, 0.5) is 10.1 Å². The standard InChI is InChI=1S/C16H11FO3.C7H8N2O/c17-14-4-1-11(2-5-14)7-13(9-18)12-3-6-15-16(8-12)20-10-19-15;8-6-3-1-5(2-4-6)7(9)10/h1-9H,10H2;1-4H,8H2,(H2,9,10)/b13-7-;. The Bertz CT molecular complexity index is 1080. The molecule has 4 rings (SSSR count). The molecule has 3 aromatic carbocycles. The van der Waals surface area contributed by atoms with Gasteiger partial charge < -0.3 is 20.9 Å². The SMILES string of the molecule is NC(=O)c1ccc(N)cc1.O=C/C(=C/c1ccc(F)cc1)c1ccc2c(c1)OCO2. The summed E-state index contributed by atoms with van der Waals surface area (Å²) in [5.41, 5.74) is 13.5. The molecule has 30 heavy (non-hydrogen) atoms. The van der Waals surface area contributed by atoms with Crippen molar-refractivity contribution in [2.75, 3.05) is 12.5 Å². The zero-order valence-corrected chi connectivity index (χ0v) is 15.9. The van der Waals surface area contributed by atoms with Crippen LogP contribution in [-0.2, 0) is 4.79 Å². The zero-order chi connectivity index (χ0) is 21.5. The van der Waals surface area contributed by atoms with Crippen LogP contribution in [0.2, 0.25) is 0 Å². The molecule has 152 valence electrons. The third-order valence-corrected chi connectivity index (χ3v) is 4.22. The number of hydrogen-bond acceptors (Lipinski definition) is 5. The van der Waals surface area contributed by atoms with Gasteiger partial charge in [0.1, 0.15) is 5.82 Å². The normalized spacial score (nSPS) is 12.0. The zero-order valence-electron chi connectivity index (χ0n) is 15.9. The first kappa shape index (κ1) is 20.6. The van der Waals surface area contributed by atoms with Crippen molar-refractivity contribution in [2.45, 2.75) is 0 Å². The molecule has 6 nitrogen and oxygen atoms in total. The number of hydrogen-bond donors (Lipinski definition) is 2. The van der Waals surface area contributed by atoms with Crippen molar-refractivity contribution in [3.63, 3.8) is 0 Å². The number of amides is 1. The minimum atomic E-state index is -0.431. The Kier molecular flexibility index (Phi) is 6.44. The van der Waals surface area contributed by atoms with Crippen LogP contribution >= 0.6 is 0 Å². The number of benzene rings is 3. The van der Waals surface area contributed by atoms with Gasteiger partial charge in [0.25, 0.3) is 0 Å². The number of nitrogens with two attached hydrogens (primary N) is 2. The molecule has 7 heteroatoms. The summed E-state index contributed by atoms with van der Waals surface area (Å²) in [5.74, 6) is 0.549. The Morgan fingerprint density at radius 2 is 1.53 bits per heavy atom. The van der Waals surface area contributed by atoms with Gasteiger partial charge in [0.15, 0.2) is 17.8 Å². The van der Waals surface area contributed by atoms with Gasteiger partial charge in [-0.15, -0.1) is 0 Å². The van der Waals surface area contributed by atoms with E-state index in [9.17, 15) is 14.0 Å². The highest BCUT2D eigenvalue weighted by Crippen LogP contribution is 2.34. The molecule has 1 heterocycles. The average molecular weight is 406 g/mol. The molecule has 4 N–H and O–H groups in total. The first-order valence-electron chi connectivity index (χ1n) is 8.94. The lowest BCUT2D eigenvalue weighted by atomic mass is 10.0. The van der Waals surface area contributed by atoms with Crippen LogP contribution in [-0.4, -0.2) is 19.0 Å². The quantitative estimate of drug-likeness (QED) is 0.298. The summed E-state index contributed by atoms with van der Waals surface area (Å²) in [6.07, 6.45) is 2.46. The maximum atomic E-state index is 12.9. The fourth-order valence-corrected chi connectivity index (χ4v) is 2.65. The lowest BCUT2D eigenvalue weighted by Gasteiger charge is -2.03. The van der Waals surface area contributed by atoms with E-state index in [-0.39, 0.29) is 12.6 Å². The Morgan fingerprint density at radius 3 is 2.17 bits per heavy atom. The van der Waals surface area contributed by atoms with Gasteiger partial charge in [0.2, 0.25) is 12.7 Å². The fourth-order valence-electron chi connectivity index (χ4n) is 2.65. The van der Waals surface area contributed by atoms with Crippen LogP contribution in [0.15, 0.2) is 66.7 Å². The molecule has 0 spiro atoms. The molecule has 0 aliphatic carbocycles. The van der Waals surface area contributed by atoms with Crippen molar-refractivity contribution in [3.8, 4) is 11.5 Å². The van der Waals surface area contributed by atoms with E-state index in [0.717, 1.165) is 17.4 Å². The van der Waals surface area contributed by atoms with Gasteiger partial charge in [-0.05, 0) is 65.7 Å². The summed E-state index contributed by atoms with van der Waals surface area (Å²) in [6, 6.07) is 17.7. The molecule has 0 saturated carbocycles. The number of carbonyl (C=O) groups is 2. The molecule has 0 saturated heterocycles. The largest absolute Gasteiger partial charge is 0.454 e. The van der Waals surface area contributed by atoms with E-state index in [1.54, 1.807) is 60.7 Å². The smallest absolute Gasteiger partial charge is 0.248 e. The monoisotopic (exact) mass is 406 g/mol. The number of fused-ring (bicyclic) bond motifs is 1. The van der Waals surface area contributed by atoms with Gasteiger partial charge in [-0.2, -0.15) is 0 Å². The third kappa shape index (κ3) is 5.23. The lowest BCUT2D eigenvalue weighted by molar-refractivity contribution is -0.103. The van der Waals surface area contributed by atoms with E-state index in [1.165, 1.54) is 12.1 Å². The first-order valence-corrected chi connectivity index (χ1v) is 8.94. The number of primary amides is 1. The fraction of sp³-hybridized carbons (Fsp3) is 0.0435. The molecular weight excluding hydrogens is 387 g/mol. The number of anilines is 1. The van der Waals surface area contributed by atoms with Crippen molar-refractivity contribution in [1.29, 1.82) is 0 Å². The molecule has 1 aliphatic heterocycles. The van der Waals surface area contributed by atoms with Crippen LogP contribution in [0.5, 0.6) is 11.5 Å². The molecule has 0 radical (unpaired) electrons. The summed E-state index contributed by atoms with van der Waals surface area (Å²) in [5, 5.41) is 0. The van der Waals surface area contributed by atoms with E-state index in [0.29, 0.717) is 28.3 Å². The van der Waals surface area contributed by atoms with E-state index in [1.807, 2.05) is 0 Å². The summed E-state index contributed by atoms with van der Waals surface area (Å²) in [4.78, 5) is 21.8. The van der Waals surface area contributed by atoms with Crippen LogP contribution in [0.3, 0.4) is 0 Å². The minimum absolute atomic E-state index is 0.191. The molecule has 0 atom stereocenters. The number of halogens is 1. The molecule has 0 bridgehead atoms. The molecule has 0 aromatic heterocycles. The van der Waals surface area contributed by atoms with Gasteiger partial charge in [-0.3, -0.25) is 9.59 Å². The Labute approximate surface area is 172 Å². The van der Waals surface area contributed by atoms with Crippen molar-refractivity contribution in [3.05, 3.63) is 89.2 Å². The number of allylic oxidation sites excluding steroid dienone is 1. The Balaban J connectivity index is 0.000000216. The number of aldehydes is 1. The third-order valence-electron chi connectivity index (χ3n) is 4.22. The van der Waals surface area contributed by atoms with Gasteiger partial charge in [0, 0.05) is 16.8 Å². The highest BCUT2D eigenvalue weighted by molar-refractivity contribution is 6.13. The van der Waals surface area contributed by atoms with Crippen LogP contribution in [0, 0.1) is 5.82 Å². The van der Waals surface area contributed by atoms with Gasteiger partial charge in [-0.1, -0.05) is 18.2 Å². The summed E-state index contributed by atoms with van der Waals surface area (Å²) < 4.78 is 23.4. The lowest BCUT2D eigenvalue weighted by Crippen LogP contribution is -2.10. The van der Waals surface area contributed by atoms with Crippen molar-refractivity contribution >= 4 is 29.5 Å². The summed E-state index contributed by atoms with van der Waals surface area (Å²) >= 11 is 0. The van der Waals surface area contributed by atoms with Gasteiger partial charge in [0.05, 0.1) is 0 Å². The molecule has 1 aliphatic rings. The maximum Gasteiger partial charge on any atom is 0.248 e. The molecule has 0 fully saturated rings. The van der Waals surface area contributed by atoms with Crippen molar-refractivity contribution < 1.29 is 23.5 Å².